The second-order valence-corrected chi connectivity index (χ2v) is 10.2. The van der Waals surface area contributed by atoms with Gasteiger partial charge in [-0.3, -0.25) is 9.59 Å². The van der Waals surface area contributed by atoms with E-state index in [0.717, 1.165) is 11.1 Å². The van der Waals surface area contributed by atoms with Crippen LogP contribution in [0.5, 0.6) is 11.5 Å². The number of phenolic OH excluding ortho intramolecular Hbond substituents is 1. The summed E-state index contributed by atoms with van der Waals surface area (Å²) in [6.45, 7) is 2.19. The van der Waals surface area contributed by atoms with Gasteiger partial charge < -0.3 is 34.8 Å². The van der Waals surface area contributed by atoms with Crippen LogP contribution in [0, 0.1) is 5.92 Å². The van der Waals surface area contributed by atoms with E-state index >= 15 is 0 Å². The van der Waals surface area contributed by atoms with Crippen LogP contribution in [0.2, 0.25) is 0 Å². The van der Waals surface area contributed by atoms with Crippen LogP contribution in [-0.2, 0) is 31.0 Å². The lowest BCUT2D eigenvalue weighted by Gasteiger charge is -2.61. The molecule has 1 saturated heterocycles. The van der Waals surface area contributed by atoms with Gasteiger partial charge in [0.05, 0.1) is 16.9 Å². The predicted octanol–water partition coefficient (Wildman–Crippen LogP) is 0.644. The number of Topliss-reactive ketones (excluding diaryl/α,β-unsaturated/α-hetero) is 1. The van der Waals surface area contributed by atoms with Gasteiger partial charge in [-0.25, -0.2) is 4.79 Å². The molecule has 2 heterocycles. The number of aromatic hydroxyl groups is 1. The van der Waals surface area contributed by atoms with Crippen molar-refractivity contribution < 1.29 is 44.3 Å². The number of phenols is 1. The van der Waals surface area contributed by atoms with Gasteiger partial charge in [0.25, 0.3) is 0 Å². The number of carboxylic acid groups (broad SMARTS) is 1. The molecule has 4 N–H and O–H groups in total. The lowest BCUT2D eigenvalue weighted by atomic mass is 9.50. The van der Waals surface area contributed by atoms with E-state index in [0.29, 0.717) is 25.1 Å². The van der Waals surface area contributed by atoms with Gasteiger partial charge in [0.1, 0.15) is 11.5 Å². The monoisotopic (exact) mass is 487 g/mol. The van der Waals surface area contributed by atoms with E-state index in [1.54, 1.807) is 12.1 Å². The summed E-state index contributed by atoms with van der Waals surface area (Å²) in [5.74, 6) is -3.14. The van der Waals surface area contributed by atoms with Crippen LogP contribution in [0.3, 0.4) is 0 Å². The number of likely N-dealkylation sites (tertiary alicyclic amines) is 1. The Morgan fingerprint density at radius 2 is 2.03 bits per heavy atom. The SMILES string of the molecule is C[C@H](CC(=O)C[C@H](O)C(=O)O)C(=O)OC1=CC[C@@]2(O)[C@H]3Cc4ccc(O)c5c4C2(CCN3C)C1O5. The number of hydrogen-bond donors (Lipinski definition) is 4. The lowest BCUT2D eigenvalue weighted by Crippen LogP contribution is -2.74. The highest BCUT2D eigenvalue weighted by atomic mass is 16.6. The molecule has 35 heavy (non-hydrogen) atoms. The number of aliphatic hydroxyl groups excluding tert-OH is 1. The number of ketones is 1. The molecule has 0 saturated carbocycles. The highest BCUT2D eigenvalue weighted by Crippen LogP contribution is 2.65. The molecule has 2 unspecified atom stereocenters. The van der Waals surface area contributed by atoms with Gasteiger partial charge in [0, 0.05) is 30.9 Å². The number of carboxylic acids is 1. The van der Waals surface area contributed by atoms with E-state index in [2.05, 4.69) is 4.90 Å². The van der Waals surface area contributed by atoms with Gasteiger partial charge in [-0.1, -0.05) is 13.0 Å². The largest absolute Gasteiger partial charge is 0.504 e. The smallest absolute Gasteiger partial charge is 0.332 e. The fraction of sp³-hybridized carbons (Fsp3) is 0.560. The molecular weight excluding hydrogens is 458 g/mol. The van der Waals surface area contributed by atoms with Crippen LogP contribution in [-0.4, -0.2) is 80.5 Å². The quantitative estimate of drug-likeness (QED) is 0.403. The van der Waals surface area contributed by atoms with E-state index < -0.39 is 53.3 Å². The molecule has 0 radical (unpaired) electrons. The molecule has 5 rings (SSSR count). The minimum absolute atomic E-state index is 0.0334. The van der Waals surface area contributed by atoms with Crippen LogP contribution in [0.25, 0.3) is 0 Å². The van der Waals surface area contributed by atoms with Gasteiger partial charge in [-0.2, -0.15) is 0 Å². The van der Waals surface area contributed by atoms with Crippen LogP contribution in [0.1, 0.15) is 43.7 Å². The Morgan fingerprint density at radius 1 is 1.29 bits per heavy atom. The van der Waals surface area contributed by atoms with Crippen molar-refractivity contribution in [3.8, 4) is 11.5 Å². The molecule has 1 spiro atoms. The molecule has 10 heteroatoms. The maximum atomic E-state index is 12.9. The van der Waals surface area contributed by atoms with Crippen molar-refractivity contribution in [1.29, 1.82) is 0 Å². The number of carbonyl (C=O) groups is 3. The number of carbonyl (C=O) groups excluding carboxylic acids is 2. The Labute approximate surface area is 201 Å². The lowest BCUT2D eigenvalue weighted by molar-refractivity contribution is -0.170. The Kier molecular flexibility index (Phi) is 5.46. The molecule has 2 bridgehead atoms. The highest BCUT2D eigenvalue weighted by molar-refractivity contribution is 5.88. The number of aliphatic hydroxyl groups is 2. The summed E-state index contributed by atoms with van der Waals surface area (Å²) in [6.07, 6.45) is -0.474. The average molecular weight is 488 g/mol. The topological polar surface area (TPSA) is 154 Å². The second-order valence-electron chi connectivity index (χ2n) is 10.2. The van der Waals surface area contributed by atoms with Crippen molar-refractivity contribution in [2.75, 3.05) is 13.6 Å². The fourth-order valence-corrected chi connectivity index (χ4v) is 6.47. The van der Waals surface area contributed by atoms with E-state index in [9.17, 15) is 29.7 Å². The Morgan fingerprint density at radius 3 is 2.74 bits per heavy atom. The van der Waals surface area contributed by atoms with Crippen LogP contribution < -0.4 is 4.74 Å². The molecule has 1 fully saturated rings. The first kappa shape index (κ1) is 23.8. The minimum atomic E-state index is -1.82. The molecular formula is C25H29NO9. The number of rotatable bonds is 7. The first-order valence-corrected chi connectivity index (χ1v) is 11.8. The maximum Gasteiger partial charge on any atom is 0.332 e. The van der Waals surface area contributed by atoms with Crippen LogP contribution in [0.15, 0.2) is 24.0 Å². The summed E-state index contributed by atoms with van der Waals surface area (Å²) in [4.78, 5) is 37.9. The van der Waals surface area contributed by atoms with E-state index in [4.69, 9.17) is 14.6 Å². The molecule has 6 atom stereocenters. The molecule has 0 amide bonds. The Bertz CT molecular complexity index is 1150. The summed E-state index contributed by atoms with van der Waals surface area (Å²) in [5, 5.41) is 40.8. The van der Waals surface area contributed by atoms with Gasteiger partial charge in [0.2, 0.25) is 0 Å². The highest BCUT2D eigenvalue weighted by Gasteiger charge is 2.72. The third-order valence-corrected chi connectivity index (χ3v) is 8.21. The summed E-state index contributed by atoms with van der Waals surface area (Å²) < 4.78 is 11.9. The summed E-state index contributed by atoms with van der Waals surface area (Å²) in [5.41, 5.74) is -0.297. The standard InChI is InChI=1S/C25H29NO9/c1-12(9-14(27)11-16(29)22(30)31)23(32)34-17-5-6-25(33)18-10-13-3-4-15(28)20-19(13)24(25,21(17)35-20)7-8-26(18)2/h3-5,12,16,18,21,28-29,33H,6-11H2,1-2H3,(H,30,31)/t12-,16+,18-,21?,24?,25-/m1/s1. The Hall–Kier alpha value is -2.95. The van der Waals surface area contributed by atoms with Crippen molar-refractivity contribution in [1.82, 2.24) is 4.90 Å². The number of benzene rings is 1. The number of piperidine rings is 1. The average Bonchev–Trinajstić information content (AvgIpc) is 3.15. The molecule has 2 aliphatic heterocycles. The summed E-state index contributed by atoms with van der Waals surface area (Å²) in [6, 6.07) is 3.27. The maximum absolute atomic E-state index is 12.9. The number of likely N-dealkylation sites (N-methyl/N-ethyl adjacent to an activating group) is 1. The number of hydrogen-bond acceptors (Lipinski definition) is 9. The Balaban J connectivity index is 1.42. The van der Waals surface area contributed by atoms with Crippen molar-refractivity contribution in [3.05, 3.63) is 35.1 Å². The predicted molar refractivity (Wildman–Crippen MR) is 120 cm³/mol. The van der Waals surface area contributed by atoms with E-state index in [1.165, 1.54) is 6.92 Å². The molecule has 2 aliphatic carbocycles. The van der Waals surface area contributed by atoms with Gasteiger partial charge in [0.15, 0.2) is 23.7 Å². The van der Waals surface area contributed by atoms with Gasteiger partial charge >= 0.3 is 11.9 Å². The number of aliphatic carboxylic acids is 1. The summed E-state index contributed by atoms with van der Waals surface area (Å²) in [7, 11) is 1.98. The number of ether oxygens (including phenoxy) is 2. The molecule has 1 aromatic rings. The third kappa shape index (κ3) is 3.30. The van der Waals surface area contributed by atoms with Crippen LogP contribution in [0.4, 0.5) is 0 Å². The first-order chi connectivity index (χ1) is 16.5. The normalized spacial score (nSPS) is 32.1. The zero-order valence-corrected chi connectivity index (χ0v) is 19.6. The molecule has 0 aromatic heterocycles. The molecule has 4 aliphatic rings. The molecule has 1 aromatic carbocycles. The van der Waals surface area contributed by atoms with E-state index in [1.807, 2.05) is 13.1 Å². The van der Waals surface area contributed by atoms with Gasteiger partial charge in [-0.05, 0) is 44.1 Å². The summed E-state index contributed by atoms with van der Waals surface area (Å²) >= 11 is 0. The third-order valence-electron chi connectivity index (χ3n) is 8.21. The van der Waals surface area contributed by atoms with Crippen LogP contribution >= 0.6 is 0 Å². The zero-order valence-electron chi connectivity index (χ0n) is 19.6. The molecule has 10 nitrogen and oxygen atoms in total. The zero-order chi connectivity index (χ0) is 25.3. The minimum Gasteiger partial charge on any atom is -0.504 e. The van der Waals surface area contributed by atoms with Crippen molar-refractivity contribution in [2.45, 2.75) is 68.3 Å². The van der Waals surface area contributed by atoms with E-state index in [-0.39, 0.29) is 30.4 Å². The number of esters is 1. The van der Waals surface area contributed by atoms with Crippen molar-refractivity contribution in [3.63, 3.8) is 0 Å². The van der Waals surface area contributed by atoms with Crippen molar-refractivity contribution in [2.24, 2.45) is 5.92 Å². The fourth-order valence-electron chi connectivity index (χ4n) is 6.47. The first-order valence-electron chi connectivity index (χ1n) is 11.8. The van der Waals surface area contributed by atoms with Gasteiger partial charge in [-0.15, -0.1) is 0 Å². The van der Waals surface area contributed by atoms with Crippen molar-refractivity contribution >= 4 is 17.7 Å². The molecule has 188 valence electrons. The number of nitrogens with zero attached hydrogens (tertiary/aromatic N) is 1. The second kappa shape index (κ2) is 8.04.